The summed E-state index contributed by atoms with van der Waals surface area (Å²) in [7, 11) is 0. The summed E-state index contributed by atoms with van der Waals surface area (Å²) < 4.78 is 0. The average Bonchev–Trinajstić information content (AvgIpc) is 2.64. The predicted molar refractivity (Wildman–Crippen MR) is 100 cm³/mol. The molecule has 2 heterocycles. The fraction of sp³-hybridized carbons (Fsp3) is 0.429. The first-order valence-electron chi connectivity index (χ1n) is 9.22. The molecule has 132 valence electrons. The Labute approximate surface area is 150 Å². The Bertz CT molecular complexity index is 663. The van der Waals surface area contributed by atoms with Crippen LogP contribution in [-0.2, 0) is 13.0 Å². The van der Waals surface area contributed by atoms with E-state index in [1.165, 1.54) is 37.9 Å². The lowest BCUT2D eigenvalue weighted by Gasteiger charge is -2.26. The summed E-state index contributed by atoms with van der Waals surface area (Å²) in [6, 6.07) is 12.1. The topological polar surface area (TPSA) is 45.2 Å². The van der Waals surface area contributed by atoms with Crippen molar-refractivity contribution in [3.63, 3.8) is 0 Å². The molecule has 1 saturated heterocycles. The molecule has 1 aliphatic rings. The molecule has 1 aliphatic heterocycles. The minimum absolute atomic E-state index is 0.0130. The molecule has 0 aliphatic carbocycles. The predicted octanol–water partition coefficient (Wildman–Crippen LogP) is 3.43. The zero-order chi connectivity index (χ0) is 17.5. The number of aromatic nitrogens is 1. The normalized spacial score (nSPS) is 16.4. The van der Waals surface area contributed by atoms with E-state index in [0.717, 1.165) is 24.1 Å². The summed E-state index contributed by atoms with van der Waals surface area (Å²) in [5.74, 6) is -0.0130. The van der Waals surface area contributed by atoms with Gasteiger partial charge in [-0.15, -0.1) is 0 Å². The summed E-state index contributed by atoms with van der Waals surface area (Å²) in [5, 5.41) is 3.07. The molecular formula is C21H27N3O. The molecule has 2 aromatic rings. The maximum Gasteiger partial charge on any atom is 0.251 e. The molecule has 25 heavy (non-hydrogen) atoms. The first-order chi connectivity index (χ1) is 12.2. The van der Waals surface area contributed by atoms with E-state index < -0.39 is 0 Å². The number of rotatable bonds is 6. The van der Waals surface area contributed by atoms with Crippen molar-refractivity contribution in [2.75, 3.05) is 13.1 Å². The standard InChI is InChI=1S/C21H27N3O/c1-17(14-19-6-5-11-22-15-19)23-21(25)20-9-7-18(8-10-20)16-24-12-3-2-4-13-24/h5-11,15,17H,2-4,12-14,16H2,1H3,(H,23,25)/t17-/m1/s1. The molecule has 4 nitrogen and oxygen atoms in total. The molecule has 0 spiro atoms. The van der Waals surface area contributed by atoms with Crippen LogP contribution >= 0.6 is 0 Å². The monoisotopic (exact) mass is 337 g/mol. The highest BCUT2D eigenvalue weighted by molar-refractivity contribution is 5.94. The first kappa shape index (κ1) is 17.6. The molecule has 4 heteroatoms. The van der Waals surface area contributed by atoms with Gasteiger partial charge in [0, 0.05) is 30.5 Å². The van der Waals surface area contributed by atoms with Gasteiger partial charge in [0.05, 0.1) is 0 Å². The second kappa shape index (κ2) is 8.77. The zero-order valence-corrected chi connectivity index (χ0v) is 14.9. The summed E-state index contributed by atoms with van der Waals surface area (Å²) in [5.41, 5.74) is 3.13. The zero-order valence-electron chi connectivity index (χ0n) is 14.9. The van der Waals surface area contributed by atoms with Crippen LogP contribution in [0.15, 0.2) is 48.8 Å². The molecule has 1 amide bonds. The Kier molecular flexibility index (Phi) is 6.18. The number of nitrogens with one attached hydrogen (secondary N) is 1. The quantitative estimate of drug-likeness (QED) is 0.878. The van der Waals surface area contributed by atoms with Gasteiger partial charge in [-0.1, -0.05) is 24.6 Å². The summed E-state index contributed by atoms with van der Waals surface area (Å²) in [4.78, 5) is 19.0. The van der Waals surface area contributed by atoms with Crippen molar-refractivity contribution in [2.45, 2.75) is 45.2 Å². The minimum atomic E-state index is -0.0130. The van der Waals surface area contributed by atoms with E-state index in [1.54, 1.807) is 6.20 Å². The molecule has 1 N–H and O–H groups in total. The largest absolute Gasteiger partial charge is 0.349 e. The fourth-order valence-electron chi connectivity index (χ4n) is 3.37. The summed E-state index contributed by atoms with van der Waals surface area (Å²) in [6.07, 6.45) is 8.35. The lowest BCUT2D eigenvalue weighted by atomic mass is 10.1. The number of hydrogen-bond donors (Lipinski definition) is 1. The van der Waals surface area contributed by atoms with Crippen LogP contribution < -0.4 is 5.32 Å². The molecule has 0 bridgehead atoms. The number of pyridine rings is 1. The van der Waals surface area contributed by atoms with E-state index in [2.05, 4.69) is 27.3 Å². The highest BCUT2D eigenvalue weighted by atomic mass is 16.1. The minimum Gasteiger partial charge on any atom is -0.349 e. The number of carbonyl (C=O) groups is 1. The van der Waals surface area contributed by atoms with E-state index in [1.807, 2.05) is 37.4 Å². The van der Waals surface area contributed by atoms with Crippen LogP contribution in [0, 0.1) is 0 Å². The third kappa shape index (κ3) is 5.40. The highest BCUT2D eigenvalue weighted by Gasteiger charge is 2.12. The van der Waals surface area contributed by atoms with Gasteiger partial charge in [-0.05, 0) is 68.6 Å². The Balaban J connectivity index is 1.51. The summed E-state index contributed by atoms with van der Waals surface area (Å²) in [6.45, 7) is 5.39. The van der Waals surface area contributed by atoms with Crippen LogP contribution in [0.5, 0.6) is 0 Å². The molecule has 0 radical (unpaired) electrons. The van der Waals surface area contributed by atoms with Crippen molar-refractivity contribution < 1.29 is 4.79 Å². The van der Waals surface area contributed by atoms with Gasteiger partial charge in [0.15, 0.2) is 0 Å². The van der Waals surface area contributed by atoms with Crippen LogP contribution in [0.3, 0.4) is 0 Å². The van der Waals surface area contributed by atoms with Gasteiger partial charge < -0.3 is 5.32 Å². The van der Waals surface area contributed by atoms with E-state index in [4.69, 9.17) is 0 Å². The van der Waals surface area contributed by atoms with Crippen molar-refractivity contribution in [1.82, 2.24) is 15.2 Å². The number of carbonyl (C=O) groups excluding carboxylic acids is 1. The van der Waals surface area contributed by atoms with Crippen molar-refractivity contribution >= 4 is 5.91 Å². The Hall–Kier alpha value is -2.20. The van der Waals surface area contributed by atoms with Gasteiger partial charge in [0.1, 0.15) is 0 Å². The third-order valence-electron chi connectivity index (χ3n) is 4.71. The molecule has 1 atom stereocenters. The van der Waals surface area contributed by atoms with Crippen molar-refractivity contribution in [3.05, 3.63) is 65.5 Å². The fourth-order valence-corrected chi connectivity index (χ4v) is 3.37. The molecule has 0 unspecified atom stereocenters. The molecule has 1 fully saturated rings. The van der Waals surface area contributed by atoms with Crippen molar-refractivity contribution in [2.24, 2.45) is 0 Å². The van der Waals surface area contributed by atoms with Crippen LogP contribution in [0.25, 0.3) is 0 Å². The van der Waals surface area contributed by atoms with E-state index in [9.17, 15) is 4.79 Å². The van der Waals surface area contributed by atoms with Crippen molar-refractivity contribution in [3.8, 4) is 0 Å². The van der Waals surface area contributed by atoms with Crippen LogP contribution in [0.1, 0.15) is 47.7 Å². The SMILES string of the molecule is C[C@H](Cc1cccnc1)NC(=O)c1ccc(CN2CCCCC2)cc1. The molecule has 1 aromatic carbocycles. The molecule has 0 saturated carbocycles. The van der Waals surface area contributed by atoms with Gasteiger partial charge in [-0.25, -0.2) is 0 Å². The molecule has 1 aromatic heterocycles. The number of amides is 1. The maximum absolute atomic E-state index is 12.4. The van der Waals surface area contributed by atoms with Gasteiger partial charge in [-0.2, -0.15) is 0 Å². The average molecular weight is 337 g/mol. The Morgan fingerprint density at radius 2 is 1.88 bits per heavy atom. The second-order valence-corrected chi connectivity index (χ2v) is 6.97. The highest BCUT2D eigenvalue weighted by Crippen LogP contribution is 2.14. The number of hydrogen-bond acceptors (Lipinski definition) is 3. The molecule has 3 rings (SSSR count). The smallest absolute Gasteiger partial charge is 0.251 e. The van der Waals surface area contributed by atoms with Gasteiger partial charge in [-0.3, -0.25) is 14.7 Å². The number of piperidine rings is 1. The Morgan fingerprint density at radius 3 is 2.56 bits per heavy atom. The Morgan fingerprint density at radius 1 is 1.12 bits per heavy atom. The first-order valence-corrected chi connectivity index (χ1v) is 9.22. The van der Waals surface area contributed by atoms with Gasteiger partial charge >= 0.3 is 0 Å². The second-order valence-electron chi connectivity index (χ2n) is 6.97. The maximum atomic E-state index is 12.4. The van der Waals surface area contributed by atoms with Gasteiger partial charge in [0.25, 0.3) is 5.91 Å². The summed E-state index contributed by atoms with van der Waals surface area (Å²) >= 11 is 0. The van der Waals surface area contributed by atoms with Crippen LogP contribution in [0.2, 0.25) is 0 Å². The van der Waals surface area contributed by atoms with Crippen LogP contribution in [0.4, 0.5) is 0 Å². The number of benzene rings is 1. The van der Waals surface area contributed by atoms with Crippen LogP contribution in [-0.4, -0.2) is 34.9 Å². The number of nitrogens with zero attached hydrogens (tertiary/aromatic N) is 2. The number of likely N-dealkylation sites (tertiary alicyclic amines) is 1. The van der Waals surface area contributed by atoms with E-state index >= 15 is 0 Å². The lowest BCUT2D eigenvalue weighted by molar-refractivity contribution is 0.0940. The van der Waals surface area contributed by atoms with Crippen molar-refractivity contribution in [1.29, 1.82) is 0 Å². The third-order valence-corrected chi connectivity index (χ3v) is 4.71. The lowest BCUT2D eigenvalue weighted by Crippen LogP contribution is -2.34. The van der Waals surface area contributed by atoms with Gasteiger partial charge in [0.2, 0.25) is 0 Å². The molecular weight excluding hydrogens is 310 g/mol. The van der Waals surface area contributed by atoms with E-state index in [0.29, 0.717) is 0 Å². The van der Waals surface area contributed by atoms with E-state index in [-0.39, 0.29) is 11.9 Å².